The maximum absolute atomic E-state index is 5.64. The molecule has 0 fully saturated rings. The van der Waals surface area contributed by atoms with Crippen LogP contribution in [0.1, 0.15) is 11.9 Å². The van der Waals surface area contributed by atoms with E-state index < -0.39 is 0 Å². The van der Waals surface area contributed by atoms with E-state index in [-0.39, 0.29) is 0 Å². The standard InChI is InChI=1S/C7H12ClN3S2/c1-5(2-9)3-12-4-6-10-11-7(8)13-6/h5H,2-4,9H2,1H3. The molecule has 0 aliphatic heterocycles. The average Bonchev–Trinajstić information content (AvgIpc) is 2.51. The van der Waals surface area contributed by atoms with E-state index in [9.17, 15) is 0 Å². The van der Waals surface area contributed by atoms with Crippen LogP contribution < -0.4 is 5.73 Å². The lowest BCUT2D eigenvalue weighted by atomic mass is 10.2. The summed E-state index contributed by atoms with van der Waals surface area (Å²) in [5.41, 5.74) is 5.50. The Bertz CT molecular complexity index is 254. The van der Waals surface area contributed by atoms with Crippen molar-refractivity contribution in [2.24, 2.45) is 11.7 Å². The van der Waals surface area contributed by atoms with E-state index in [1.54, 1.807) is 0 Å². The van der Waals surface area contributed by atoms with Crippen LogP contribution in [0.15, 0.2) is 0 Å². The minimum absolute atomic E-state index is 0.516. The van der Waals surface area contributed by atoms with Gasteiger partial charge in [-0.25, -0.2) is 0 Å². The van der Waals surface area contributed by atoms with Crippen molar-refractivity contribution >= 4 is 34.7 Å². The predicted molar refractivity (Wildman–Crippen MR) is 59.3 cm³/mol. The van der Waals surface area contributed by atoms with Gasteiger partial charge in [0.15, 0.2) is 0 Å². The second-order valence-electron chi connectivity index (χ2n) is 2.80. The Hall–Kier alpha value is 0.160. The molecule has 0 aromatic carbocycles. The van der Waals surface area contributed by atoms with Crippen molar-refractivity contribution in [3.8, 4) is 0 Å². The van der Waals surface area contributed by atoms with Crippen LogP contribution in [-0.4, -0.2) is 22.5 Å². The van der Waals surface area contributed by atoms with Crippen LogP contribution in [0.4, 0.5) is 0 Å². The number of hydrogen-bond acceptors (Lipinski definition) is 5. The highest BCUT2D eigenvalue weighted by atomic mass is 35.5. The van der Waals surface area contributed by atoms with Gasteiger partial charge in [-0.05, 0) is 29.8 Å². The molecule has 0 radical (unpaired) electrons. The van der Waals surface area contributed by atoms with E-state index in [0.29, 0.717) is 10.4 Å². The third-order valence-electron chi connectivity index (χ3n) is 1.47. The molecule has 0 saturated carbocycles. The van der Waals surface area contributed by atoms with Crippen molar-refractivity contribution in [2.45, 2.75) is 12.7 Å². The molecule has 0 amide bonds. The Morgan fingerprint density at radius 1 is 1.62 bits per heavy atom. The second-order valence-corrected chi connectivity index (χ2v) is 5.48. The van der Waals surface area contributed by atoms with E-state index in [1.807, 2.05) is 11.8 Å². The van der Waals surface area contributed by atoms with Crippen molar-refractivity contribution in [3.05, 3.63) is 9.47 Å². The van der Waals surface area contributed by atoms with Crippen LogP contribution >= 0.6 is 34.7 Å². The van der Waals surface area contributed by atoms with E-state index >= 15 is 0 Å². The first kappa shape index (κ1) is 11.2. The van der Waals surface area contributed by atoms with Crippen LogP contribution in [0.5, 0.6) is 0 Å². The van der Waals surface area contributed by atoms with Gasteiger partial charge in [-0.3, -0.25) is 0 Å². The minimum Gasteiger partial charge on any atom is -0.330 e. The monoisotopic (exact) mass is 237 g/mol. The van der Waals surface area contributed by atoms with Gasteiger partial charge in [-0.15, -0.1) is 10.2 Å². The molecular formula is C7H12ClN3S2. The third-order valence-corrected chi connectivity index (χ3v) is 3.96. The molecule has 0 saturated heterocycles. The fourth-order valence-corrected chi connectivity index (χ4v) is 2.74. The molecule has 6 heteroatoms. The molecule has 1 unspecified atom stereocenters. The van der Waals surface area contributed by atoms with Crippen molar-refractivity contribution in [1.29, 1.82) is 0 Å². The molecule has 1 aromatic heterocycles. The van der Waals surface area contributed by atoms with Gasteiger partial charge in [0.05, 0.1) is 0 Å². The Labute approximate surface area is 91.1 Å². The van der Waals surface area contributed by atoms with Crippen molar-refractivity contribution in [1.82, 2.24) is 10.2 Å². The van der Waals surface area contributed by atoms with Crippen LogP contribution in [-0.2, 0) is 5.75 Å². The van der Waals surface area contributed by atoms with E-state index in [4.69, 9.17) is 17.3 Å². The summed E-state index contributed by atoms with van der Waals surface area (Å²) in [4.78, 5) is 0. The Morgan fingerprint density at radius 2 is 2.38 bits per heavy atom. The summed E-state index contributed by atoms with van der Waals surface area (Å²) in [5, 5.41) is 8.64. The summed E-state index contributed by atoms with van der Waals surface area (Å²) >= 11 is 8.90. The Balaban J connectivity index is 2.20. The maximum Gasteiger partial charge on any atom is 0.207 e. The van der Waals surface area contributed by atoms with Crippen LogP contribution in [0, 0.1) is 5.92 Å². The molecule has 1 rings (SSSR count). The molecule has 1 aromatic rings. The molecule has 2 N–H and O–H groups in total. The minimum atomic E-state index is 0.516. The van der Waals surface area contributed by atoms with Crippen LogP contribution in [0.25, 0.3) is 0 Å². The average molecular weight is 238 g/mol. The zero-order valence-corrected chi connectivity index (χ0v) is 9.75. The van der Waals surface area contributed by atoms with Gasteiger partial charge in [-0.1, -0.05) is 18.3 Å². The highest BCUT2D eigenvalue weighted by Gasteiger charge is 2.03. The third kappa shape index (κ3) is 4.26. The lowest BCUT2D eigenvalue weighted by molar-refractivity contribution is 0.675. The quantitative estimate of drug-likeness (QED) is 0.852. The first-order valence-corrected chi connectivity index (χ1v) is 6.33. The van der Waals surface area contributed by atoms with Crippen LogP contribution in [0.2, 0.25) is 4.47 Å². The lowest BCUT2D eigenvalue weighted by Gasteiger charge is -2.05. The number of hydrogen-bond donors (Lipinski definition) is 1. The first-order chi connectivity index (χ1) is 6.22. The summed E-state index contributed by atoms with van der Waals surface area (Å²) in [7, 11) is 0. The SMILES string of the molecule is CC(CN)CSCc1nnc(Cl)s1. The molecule has 0 aliphatic carbocycles. The van der Waals surface area contributed by atoms with Crippen molar-refractivity contribution in [3.63, 3.8) is 0 Å². The van der Waals surface area contributed by atoms with Gasteiger partial charge >= 0.3 is 0 Å². The van der Waals surface area contributed by atoms with Gasteiger partial charge in [-0.2, -0.15) is 11.8 Å². The number of aromatic nitrogens is 2. The van der Waals surface area contributed by atoms with E-state index in [1.165, 1.54) is 11.3 Å². The molecule has 3 nitrogen and oxygen atoms in total. The maximum atomic E-state index is 5.64. The van der Waals surface area contributed by atoms with Crippen molar-refractivity contribution in [2.75, 3.05) is 12.3 Å². The number of rotatable bonds is 5. The topological polar surface area (TPSA) is 51.8 Å². The first-order valence-electron chi connectivity index (χ1n) is 3.98. The second kappa shape index (κ2) is 5.80. The fourth-order valence-electron chi connectivity index (χ4n) is 0.707. The summed E-state index contributed by atoms with van der Waals surface area (Å²) < 4.78 is 0.516. The number of halogens is 1. The normalized spacial score (nSPS) is 13.2. The summed E-state index contributed by atoms with van der Waals surface area (Å²) in [6.45, 7) is 2.88. The fraction of sp³-hybridized carbons (Fsp3) is 0.714. The van der Waals surface area contributed by atoms with Gasteiger partial charge in [0.1, 0.15) is 5.01 Å². The molecule has 0 aliphatic rings. The summed E-state index contributed by atoms with van der Waals surface area (Å²) in [6, 6.07) is 0. The number of nitrogens with zero attached hydrogens (tertiary/aromatic N) is 2. The molecule has 74 valence electrons. The van der Waals surface area contributed by atoms with E-state index in [2.05, 4.69) is 17.1 Å². The lowest BCUT2D eigenvalue weighted by Crippen LogP contribution is -2.12. The number of nitrogens with two attached hydrogens (primary N) is 1. The van der Waals surface area contributed by atoms with Crippen LogP contribution in [0.3, 0.4) is 0 Å². The number of thioether (sulfide) groups is 1. The van der Waals surface area contributed by atoms with Gasteiger partial charge in [0.25, 0.3) is 0 Å². The van der Waals surface area contributed by atoms with Gasteiger partial charge < -0.3 is 5.73 Å². The highest BCUT2D eigenvalue weighted by molar-refractivity contribution is 7.98. The predicted octanol–water partition coefficient (Wildman–Crippen LogP) is 2.02. The van der Waals surface area contributed by atoms with Gasteiger partial charge in [0.2, 0.25) is 4.47 Å². The Kier molecular flexibility index (Phi) is 5.01. The molecule has 0 bridgehead atoms. The Morgan fingerprint density at radius 3 is 2.92 bits per heavy atom. The molecular weight excluding hydrogens is 226 g/mol. The van der Waals surface area contributed by atoms with E-state index in [0.717, 1.165) is 23.1 Å². The molecule has 1 atom stereocenters. The largest absolute Gasteiger partial charge is 0.330 e. The highest BCUT2D eigenvalue weighted by Crippen LogP contribution is 2.20. The summed E-state index contributed by atoms with van der Waals surface area (Å²) in [5.74, 6) is 2.51. The molecule has 1 heterocycles. The van der Waals surface area contributed by atoms with Gasteiger partial charge in [0, 0.05) is 5.75 Å². The zero-order chi connectivity index (χ0) is 9.68. The van der Waals surface area contributed by atoms with Crippen molar-refractivity contribution < 1.29 is 0 Å². The molecule has 0 spiro atoms. The summed E-state index contributed by atoms with van der Waals surface area (Å²) in [6.07, 6.45) is 0. The smallest absolute Gasteiger partial charge is 0.207 e. The molecule has 13 heavy (non-hydrogen) atoms. The zero-order valence-electron chi connectivity index (χ0n) is 7.36.